The summed E-state index contributed by atoms with van der Waals surface area (Å²) >= 11 is 1.69. The molecule has 0 bridgehead atoms. The van der Waals surface area contributed by atoms with Crippen molar-refractivity contribution in [2.75, 3.05) is 19.7 Å². The topological polar surface area (TPSA) is 50.8 Å². The van der Waals surface area contributed by atoms with Crippen molar-refractivity contribution in [1.82, 2.24) is 10.4 Å². The maximum Gasteiger partial charge on any atom is 0.410 e. The SMILES string of the molecule is CC(C)(C)OC(=O)N1CC2CONC2(c2cccs2)C1. The first-order chi connectivity index (χ1) is 9.41. The number of thiophene rings is 1. The van der Waals surface area contributed by atoms with Crippen LogP contribution in [0, 0.1) is 5.92 Å². The van der Waals surface area contributed by atoms with Crippen LogP contribution in [0.3, 0.4) is 0 Å². The van der Waals surface area contributed by atoms with Crippen LogP contribution in [0.5, 0.6) is 0 Å². The summed E-state index contributed by atoms with van der Waals surface area (Å²) < 4.78 is 5.47. The summed E-state index contributed by atoms with van der Waals surface area (Å²) in [6.45, 7) is 7.54. The number of carbonyl (C=O) groups is 1. The molecule has 2 aliphatic rings. The molecular formula is C14H20N2O3S. The molecule has 3 heterocycles. The van der Waals surface area contributed by atoms with E-state index in [4.69, 9.17) is 9.57 Å². The highest BCUT2D eigenvalue weighted by molar-refractivity contribution is 7.10. The number of rotatable bonds is 1. The van der Waals surface area contributed by atoms with Gasteiger partial charge in [0.25, 0.3) is 0 Å². The minimum Gasteiger partial charge on any atom is -0.444 e. The standard InChI is InChI=1S/C14H20N2O3S/c1-13(2,3)19-12(17)16-7-10-8-18-15-14(10,9-16)11-5-4-6-20-11/h4-6,10,15H,7-9H2,1-3H3. The predicted molar refractivity (Wildman–Crippen MR) is 76.4 cm³/mol. The second-order valence-corrected chi connectivity index (χ2v) is 7.37. The van der Waals surface area contributed by atoms with Crippen LogP contribution >= 0.6 is 11.3 Å². The monoisotopic (exact) mass is 296 g/mol. The third-order valence-corrected chi connectivity index (χ3v) is 4.78. The minimum atomic E-state index is -0.463. The van der Waals surface area contributed by atoms with Crippen LogP contribution in [0.25, 0.3) is 0 Å². The number of fused-ring (bicyclic) bond motifs is 1. The molecule has 1 N–H and O–H groups in total. The molecule has 2 aliphatic heterocycles. The van der Waals surface area contributed by atoms with Gasteiger partial charge in [0.15, 0.2) is 0 Å². The van der Waals surface area contributed by atoms with E-state index in [2.05, 4.69) is 16.9 Å². The quantitative estimate of drug-likeness (QED) is 0.864. The van der Waals surface area contributed by atoms with E-state index in [1.54, 1.807) is 16.2 Å². The molecule has 2 atom stereocenters. The third kappa shape index (κ3) is 2.32. The molecule has 0 aromatic carbocycles. The number of hydrogen-bond acceptors (Lipinski definition) is 5. The molecule has 0 spiro atoms. The van der Waals surface area contributed by atoms with Crippen LogP contribution < -0.4 is 5.48 Å². The summed E-state index contributed by atoms with van der Waals surface area (Å²) in [6.07, 6.45) is -0.246. The van der Waals surface area contributed by atoms with Crippen LogP contribution in [-0.2, 0) is 15.1 Å². The van der Waals surface area contributed by atoms with Crippen molar-refractivity contribution in [2.45, 2.75) is 31.9 Å². The number of nitrogens with zero attached hydrogens (tertiary/aromatic N) is 1. The zero-order chi connectivity index (χ0) is 14.4. The van der Waals surface area contributed by atoms with Gasteiger partial charge in [0.2, 0.25) is 0 Å². The van der Waals surface area contributed by atoms with E-state index in [-0.39, 0.29) is 17.6 Å². The molecule has 1 aromatic rings. The Bertz CT molecular complexity index is 497. The molecule has 2 unspecified atom stereocenters. The number of hydroxylamine groups is 1. The zero-order valence-electron chi connectivity index (χ0n) is 12.0. The lowest BCUT2D eigenvalue weighted by Gasteiger charge is -2.27. The third-order valence-electron chi connectivity index (χ3n) is 3.73. The number of carbonyl (C=O) groups excluding carboxylic acids is 1. The second-order valence-electron chi connectivity index (χ2n) is 6.42. The number of likely N-dealkylation sites (tertiary alicyclic amines) is 1. The Kier molecular flexibility index (Phi) is 3.27. The number of ether oxygens (including phenoxy) is 1. The molecule has 0 aliphatic carbocycles. The van der Waals surface area contributed by atoms with Gasteiger partial charge in [0.1, 0.15) is 11.1 Å². The van der Waals surface area contributed by atoms with Gasteiger partial charge in [-0.2, -0.15) is 5.48 Å². The van der Waals surface area contributed by atoms with Crippen molar-refractivity contribution < 1.29 is 14.4 Å². The van der Waals surface area contributed by atoms with Gasteiger partial charge < -0.3 is 14.5 Å². The van der Waals surface area contributed by atoms with Crippen LogP contribution in [0.15, 0.2) is 17.5 Å². The molecular weight excluding hydrogens is 276 g/mol. The van der Waals surface area contributed by atoms with Gasteiger partial charge in [0.05, 0.1) is 6.61 Å². The summed E-state index contributed by atoms with van der Waals surface area (Å²) in [5, 5.41) is 2.05. The molecule has 0 saturated carbocycles. The van der Waals surface area contributed by atoms with Gasteiger partial charge in [-0.25, -0.2) is 4.79 Å². The maximum atomic E-state index is 12.2. The highest BCUT2D eigenvalue weighted by Crippen LogP contribution is 2.42. The van der Waals surface area contributed by atoms with Crippen LogP contribution in [-0.4, -0.2) is 36.3 Å². The maximum absolute atomic E-state index is 12.2. The number of amides is 1. The Hall–Kier alpha value is -1.11. The second kappa shape index (κ2) is 4.72. The Morgan fingerprint density at radius 2 is 2.40 bits per heavy atom. The summed E-state index contributed by atoms with van der Waals surface area (Å²) in [6, 6.07) is 4.12. The van der Waals surface area contributed by atoms with E-state index < -0.39 is 5.60 Å². The Balaban J connectivity index is 1.79. The van der Waals surface area contributed by atoms with Crippen molar-refractivity contribution in [2.24, 2.45) is 5.92 Å². The lowest BCUT2D eigenvalue weighted by molar-refractivity contribution is 0.0155. The molecule has 2 saturated heterocycles. The molecule has 3 rings (SSSR count). The normalized spacial score (nSPS) is 29.6. The van der Waals surface area contributed by atoms with E-state index >= 15 is 0 Å². The number of nitrogens with one attached hydrogen (secondary N) is 1. The van der Waals surface area contributed by atoms with Crippen LogP contribution in [0.4, 0.5) is 4.79 Å². The average Bonchev–Trinajstić information content (AvgIpc) is 3.01. The first kappa shape index (κ1) is 13.9. The first-order valence-electron chi connectivity index (χ1n) is 6.82. The first-order valence-corrected chi connectivity index (χ1v) is 7.69. The Labute approximate surface area is 122 Å². The van der Waals surface area contributed by atoms with Crippen molar-refractivity contribution >= 4 is 17.4 Å². The lowest BCUT2D eigenvalue weighted by Crippen LogP contribution is -2.44. The molecule has 20 heavy (non-hydrogen) atoms. The fourth-order valence-corrected chi connectivity index (χ4v) is 3.77. The molecule has 6 heteroatoms. The fourth-order valence-electron chi connectivity index (χ4n) is 2.83. The summed E-state index contributed by atoms with van der Waals surface area (Å²) in [7, 11) is 0. The largest absolute Gasteiger partial charge is 0.444 e. The summed E-state index contributed by atoms with van der Waals surface area (Å²) in [5.74, 6) is 0.272. The average molecular weight is 296 g/mol. The summed E-state index contributed by atoms with van der Waals surface area (Å²) in [4.78, 5) is 20.7. The van der Waals surface area contributed by atoms with Crippen LogP contribution in [0.1, 0.15) is 25.6 Å². The van der Waals surface area contributed by atoms with Crippen molar-refractivity contribution in [3.05, 3.63) is 22.4 Å². The smallest absolute Gasteiger partial charge is 0.410 e. The van der Waals surface area contributed by atoms with Gasteiger partial charge >= 0.3 is 6.09 Å². The molecule has 110 valence electrons. The molecule has 0 radical (unpaired) electrons. The molecule has 1 amide bonds. The van der Waals surface area contributed by atoms with E-state index in [0.717, 1.165) is 0 Å². The fraction of sp³-hybridized carbons (Fsp3) is 0.643. The number of hydrogen-bond donors (Lipinski definition) is 1. The highest BCUT2D eigenvalue weighted by Gasteiger charge is 2.54. The van der Waals surface area contributed by atoms with E-state index in [1.807, 2.05) is 26.8 Å². The Morgan fingerprint density at radius 1 is 1.60 bits per heavy atom. The molecule has 2 fully saturated rings. The van der Waals surface area contributed by atoms with E-state index in [1.165, 1.54) is 4.88 Å². The van der Waals surface area contributed by atoms with E-state index in [9.17, 15) is 4.79 Å². The lowest BCUT2D eigenvalue weighted by atomic mass is 9.88. The molecule has 5 nitrogen and oxygen atoms in total. The van der Waals surface area contributed by atoms with Gasteiger partial charge in [-0.15, -0.1) is 11.3 Å². The van der Waals surface area contributed by atoms with Gasteiger partial charge in [-0.05, 0) is 32.2 Å². The molecule has 1 aromatic heterocycles. The van der Waals surface area contributed by atoms with Gasteiger partial charge in [-0.1, -0.05) is 6.07 Å². The predicted octanol–water partition coefficient (Wildman–Crippen LogP) is 2.35. The summed E-state index contributed by atoms with van der Waals surface area (Å²) in [5.41, 5.74) is 2.41. The van der Waals surface area contributed by atoms with Crippen molar-refractivity contribution in [3.8, 4) is 0 Å². The zero-order valence-corrected chi connectivity index (χ0v) is 12.8. The van der Waals surface area contributed by atoms with Crippen molar-refractivity contribution in [3.63, 3.8) is 0 Å². The van der Waals surface area contributed by atoms with Gasteiger partial charge in [-0.3, -0.25) is 0 Å². The van der Waals surface area contributed by atoms with Gasteiger partial charge in [0, 0.05) is 23.9 Å². The Morgan fingerprint density at radius 3 is 3.05 bits per heavy atom. The van der Waals surface area contributed by atoms with Crippen LogP contribution in [0.2, 0.25) is 0 Å². The van der Waals surface area contributed by atoms with E-state index in [0.29, 0.717) is 19.7 Å². The highest BCUT2D eigenvalue weighted by atomic mass is 32.1. The minimum absolute atomic E-state index is 0.246. The van der Waals surface area contributed by atoms with Crippen molar-refractivity contribution in [1.29, 1.82) is 0 Å².